The molecule has 0 atom stereocenters. The minimum Gasteiger partial charge on any atom is -0.464 e. The van der Waals surface area contributed by atoms with Crippen LogP contribution in [0.1, 0.15) is 16.1 Å². The van der Waals surface area contributed by atoms with Crippen LogP contribution in [0.3, 0.4) is 0 Å². The Morgan fingerprint density at radius 2 is 1.86 bits per heavy atom. The number of anilines is 1. The average molecular weight is 388 g/mol. The van der Waals surface area contributed by atoms with Gasteiger partial charge < -0.3 is 19.7 Å². The second kappa shape index (κ2) is 8.72. The Labute approximate surface area is 164 Å². The quantitative estimate of drug-likeness (QED) is 0.713. The number of piperazine rings is 1. The fourth-order valence-electron chi connectivity index (χ4n) is 3.71. The van der Waals surface area contributed by atoms with Crippen molar-refractivity contribution in [3.05, 3.63) is 29.5 Å². The molecule has 1 aliphatic rings. The molecule has 1 fully saturated rings. The highest BCUT2D eigenvalue weighted by Gasteiger charge is 2.25. The van der Waals surface area contributed by atoms with E-state index in [9.17, 15) is 9.59 Å². The number of ether oxygens (including phenoxy) is 1. The summed E-state index contributed by atoms with van der Waals surface area (Å²) in [5.74, 6) is -0.640. The Morgan fingerprint density at radius 1 is 1.18 bits per heavy atom. The highest BCUT2D eigenvalue weighted by Crippen LogP contribution is 2.31. The first-order chi connectivity index (χ1) is 13.4. The molecule has 1 saturated heterocycles. The number of β-amino-alcohol motifs (C(OH)–C–C–N with tert-alkyl or cyclic N) is 1. The van der Waals surface area contributed by atoms with Crippen LogP contribution in [0.2, 0.25) is 0 Å². The van der Waals surface area contributed by atoms with Gasteiger partial charge in [-0.1, -0.05) is 11.6 Å². The number of benzene rings is 1. The number of hydrogen-bond donors (Lipinski definition) is 2. The number of carbonyl (C=O) groups is 2. The second-order valence-corrected chi connectivity index (χ2v) is 7.18. The van der Waals surface area contributed by atoms with Crippen LogP contribution in [0.25, 0.3) is 10.9 Å². The molecule has 1 aromatic carbocycles. The molecule has 2 heterocycles. The summed E-state index contributed by atoms with van der Waals surface area (Å²) in [5.41, 5.74) is 2.74. The van der Waals surface area contributed by atoms with Crippen LogP contribution in [-0.2, 0) is 16.6 Å². The number of fused-ring (bicyclic) bond motifs is 1. The van der Waals surface area contributed by atoms with E-state index in [-0.39, 0.29) is 19.1 Å². The number of aliphatic hydroxyl groups is 1. The highest BCUT2D eigenvalue weighted by atomic mass is 16.5. The number of amides is 1. The molecule has 0 bridgehead atoms. The minimum absolute atomic E-state index is 0.150. The zero-order chi connectivity index (χ0) is 20.3. The summed E-state index contributed by atoms with van der Waals surface area (Å²) in [6.45, 7) is 6.24. The first-order valence-electron chi connectivity index (χ1n) is 9.47. The summed E-state index contributed by atoms with van der Waals surface area (Å²) >= 11 is 0. The van der Waals surface area contributed by atoms with Gasteiger partial charge in [0.25, 0.3) is 0 Å². The molecule has 152 valence electrons. The molecule has 8 nitrogen and oxygen atoms in total. The predicted molar refractivity (Wildman–Crippen MR) is 108 cm³/mol. The highest BCUT2D eigenvalue weighted by molar-refractivity contribution is 6.11. The van der Waals surface area contributed by atoms with Crippen molar-refractivity contribution in [1.29, 1.82) is 0 Å². The molecule has 3 rings (SSSR count). The van der Waals surface area contributed by atoms with Gasteiger partial charge >= 0.3 is 5.97 Å². The van der Waals surface area contributed by atoms with Crippen LogP contribution in [-0.4, -0.2) is 84.3 Å². The minimum atomic E-state index is -0.482. The summed E-state index contributed by atoms with van der Waals surface area (Å²) < 4.78 is 6.69. The van der Waals surface area contributed by atoms with Crippen LogP contribution in [0.4, 0.5) is 5.69 Å². The second-order valence-electron chi connectivity index (χ2n) is 7.18. The molecule has 1 aromatic heterocycles. The van der Waals surface area contributed by atoms with E-state index in [2.05, 4.69) is 15.1 Å². The van der Waals surface area contributed by atoms with Gasteiger partial charge in [0, 0.05) is 45.2 Å². The lowest BCUT2D eigenvalue weighted by Gasteiger charge is -2.33. The van der Waals surface area contributed by atoms with Gasteiger partial charge in [-0.15, -0.1) is 0 Å². The van der Waals surface area contributed by atoms with Gasteiger partial charge in [-0.25, -0.2) is 4.79 Å². The first kappa shape index (κ1) is 20.3. The van der Waals surface area contributed by atoms with E-state index >= 15 is 0 Å². The van der Waals surface area contributed by atoms with Gasteiger partial charge in [-0.3, -0.25) is 14.6 Å². The van der Waals surface area contributed by atoms with E-state index in [0.717, 1.165) is 42.6 Å². The summed E-state index contributed by atoms with van der Waals surface area (Å²) in [5, 5.41) is 12.8. The third kappa shape index (κ3) is 4.19. The molecule has 8 heteroatoms. The molecule has 2 N–H and O–H groups in total. The fraction of sp³-hybridized carbons (Fsp3) is 0.500. The summed E-state index contributed by atoms with van der Waals surface area (Å²) in [7, 11) is 3.13. The standard InChI is InChI=1S/C20H28N4O4/c1-14-4-5-16-15(12-14)18(19(22(16)2)20(27)28-3)21-17(26)13-24-8-6-23(7-9-24)10-11-25/h4-5,12,25H,6-11,13H2,1-3H3,(H,21,26). The van der Waals surface area contributed by atoms with Crippen LogP contribution in [0.15, 0.2) is 18.2 Å². The van der Waals surface area contributed by atoms with Crippen molar-refractivity contribution >= 4 is 28.5 Å². The lowest BCUT2D eigenvalue weighted by molar-refractivity contribution is -0.117. The van der Waals surface area contributed by atoms with Crippen molar-refractivity contribution in [2.24, 2.45) is 7.05 Å². The summed E-state index contributed by atoms with van der Waals surface area (Å²) in [6.07, 6.45) is 0. The zero-order valence-corrected chi connectivity index (χ0v) is 16.7. The van der Waals surface area contributed by atoms with E-state index in [1.807, 2.05) is 25.1 Å². The number of rotatable bonds is 6. The first-order valence-corrected chi connectivity index (χ1v) is 9.47. The molecule has 2 aromatic rings. The van der Waals surface area contributed by atoms with Crippen LogP contribution < -0.4 is 5.32 Å². The largest absolute Gasteiger partial charge is 0.464 e. The van der Waals surface area contributed by atoms with E-state index in [1.54, 1.807) is 11.6 Å². The van der Waals surface area contributed by atoms with Crippen LogP contribution >= 0.6 is 0 Å². The number of esters is 1. The van der Waals surface area contributed by atoms with Crippen molar-refractivity contribution in [1.82, 2.24) is 14.4 Å². The number of aromatic nitrogens is 1. The van der Waals surface area contributed by atoms with Crippen molar-refractivity contribution < 1.29 is 19.4 Å². The van der Waals surface area contributed by atoms with Crippen LogP contribution in [0, 0.1) is 6.92 Å². The maximum absolute atomic E-state index is 12.7. The van der Waals surface area contributed by atoms with Gasteiger partial charge in [0.15, 0.2) is 5.69 Å². The molecular weight excluding hydrogens is 360 g/mol. The number of carbonyl (C=O) groups excluding carboxylic acids is 2. The normalized spacial score (nSPS) is 15.7. The van der Waals surface area contributed by atoms with Gasteiger partial charge in [-0.05, 0) is 19.1 Å². The average Bonchev–Trinajstić information content (AvgIpc) is 2.94. The fourth-order valence-corrected chi connectivity index (χ4v) is 3.71. The number of nitrogens with zero attached hydrogens (tertiary/aromatic N) is 3. The van der Waals surface area contributed by atoms with E-state index in [1.165, 1.54) is 7.11 Å². The summed E-state index contributed by atoms with van der Waals surface area (Å²) in [6, 6.07) is 5.87. The Bertz CT molecular complexity index is 869. The van der Waals surface area contributed by atoms with Crippen molar-refractivity contribution in [2.75, 3.05) is 58.3 Å². The number of aliphatic hydroxyl groups excluding tert-OH is 1. The molecule has 1 aliphatic heterocycles. The molecule has 28 heavy (non-hydrogen) atoms. The third-order valence-corrected chi connectivity index (χ3v) is 5.25. The number of aryl methyl sites for hydroxylation is 2. The summed E-state index contributed by atoms with van der Waals surface area (Å²) in [4.78, 5) is 29.3. The Balaban J connectivity index is 1.78. The van der Waals surface area contributed by atoms with E-state index < -0.39 is 5.97 Å². The molecule has 0 spiro atoms. The molecule has 0 aliphatic carbocycles. The maximum atomic E-state index is 12.7. The Kier molecular flexibility index (Phi) is 6.33. The number of methoxy groups -OCH3 is 1. The lowest BCUT2D eigenvalue weighted by atomic mass is 10.1. The van der Waals surface area contributed by atoms with Gasteiger partial charge in [-0.2, -0.15) is 0 Å². The maximum Gasteiger partial charge on any atom is 0.356 e. The monoisotopic (exact) mass is 388 g/mol. The SMILES string of the molecule is COC(=O)c1c(NC(=O)CN2CCN(CCO)CC2)c2cc(C)ccc2n1C. The molecule has 0 radical (unpaired) electrons. The van der Waals surface area contributed by atoms with Crippen molar-refractivity contribution in [2.45, 2.75) is 6.92 Å². The van der Waals surface area contributed by atoms with Crippen molar-refractivity contribution in [3.63, 3.8) is 0 Å². The van der Waals surface area contributed by atoms with Gasteiger partial charge in [0.05, 0.1) is 31.5 Å². The molecule has 0 saturated carbocycles. The molecular formula is C20H28N4O4. The Hall–Kier alpha value is -2.42. The van der Waals surface area contributed by atoms with Gasteiger partial charge in [0.2, 0.25) is 5.91 Å². The van der Waals surface area contributed by atoms with Crippen LogP contribution in [0.5, 0.6) is 0 Å². The topological polar surface area (TPSA) is 87.0 Å². The van der Waals surface area contributed by atoms with E-state index in [0.29, 0.717) is 17.9 Å². The number of hydrogen-bond acceptors (Lipinski definition) is 6. The van der Waals surface area contributed by atoms with Crippen molar-refractivity contribution in [3.8, 4) is 0 Å². The van der Waals surface area contributed by atoms with Gasteiger partial charge in [0.1, 0.15) is 0 Å². The number of nitrogens with one attached hydrogen (secondary N) is 1. The molecule has 1 amide bonds. The van der Waals surface area contributed by atoms with E-state index in [4.69, 9.17) is 9.84 Å². The predicted octanol–water partition coefficient (Wildman–Crippen LogP) is 0.822. The zero-order valence-electron chi connectivity index (χ0n) is 16.7. The smallest absolute Gasteiger partial charge is 0.356 e. The lowest BCUT2D eigenvalue weighted by Crippen LogP contribution is -2.49. The Morgan fingerprint density at radius 3 is 2.50 bits per heavy atom. The third-order valence-electron chi connectivity index (χ3n) is 5.25. The molecule has 0 unspecified atom stereocenters.